The largest absolute Gasteiger partial charge is 0.378 e. The Hall–Kier alpha value is -3.74. The molecule has 7 heteroatoms. The summed E-state index contributed by atoms with van der Waals surface area (Å²) in [6.45, 7) is 0. The minimum atomic E-state index is 0.406. The van der Waals surface area contributed by atoms with E-state index in [2.05, 4.69) is 35.7 Å². The van der Waals surface area contributed by atoms with Crippen LogP contribution in [0.4, 0.5) is 28.8 Å². The molecular formula is C20H19N7. The molecule has 4 rings (SSSR count). The molecule has 4 aromatic rings. The van der Waals surface area contributed by atoms with Crippen molar-refractivity contribution in [2.24, 2.45) is 0 Å². The van der Waals surface area contributed by atoms with E-state index in [0.717, 1.165) is 28.0 Å². The average Bonchev–Trinajstić information content (AvgIpc) is 2.69. The van der Waals surface area contributed by atoms with Gasteiger partial charge in [-0.3, -0.25) is 4.98 Å². The molecule has 0 saturated heterocycles. The highest BCUT2D eigenvalue weighted by molar-refractivity contribution is 5.91. The fourth-order valence-electron chi connectivity index (χ4n) is 2.73. The second-order valence-corrected chi connectivity index (χ2v) is 6.24. The van der Waals surface area contributed by atoms with Gasteiger partial charge in [0.15, 0.2) is 5.82 Å². The SMILES string of the molecule is CN(C)c1ccc(Nc2cnnc(Nc3cccc4cccnc34)n2)cc1. The summed E-state index contributed by atoms with van der Waals surface area (Å²) >= 11 is 0. The van der Waals surface area contributed by atoms with Crippen LogP contribution in [0.25, 0.3) is 10.9 Å². The molecule has 0 unspecified atom stereocenters. The molecule has 2 N–H and O–H groups in total. The molecule has 0 radical (unpaired) electrons. The molecule has 134 valence electrons. The summed E-state index contributed by atoms with van der Waals surface area (Å²) < 4.78 is 0. The van der Waals surface area contributed by atoms with Crippen molar-refractivity contribution in [3.63, 3.8) is 0 Å². The zero-order valence-electron chi connectivity index (χ0n) is 15.1. The normalized spacial score (nSPS) is 10.6. The highest BCUT2D eigenvalue weighted by Gasteiger charge is 2.06. The smallest absolute Gasteiger partial charge is 0.249 e. The van der Waals surface area contributed by atoms with Gasteiger partial charge in [0.25, 0.3) is 0 Å². The lowest BCUT2D eigenvalue weighted by molar-refractivity contribution is 0.982. The van der Waals surface area contributed by atoms with Crippen LogP contribution in [0.2, 0.25) is 0 Å². The monoisotopic (exact) mass is 357 g/mol. The van der Waals surface area contributed by atoms with E-state index in [1.807, 2.05) is 68.7 Å². The highest BCUT2D eigenvalue weighted by Crippen LogP contribution is 2.24. The molecule has 7 nitrogen and oxygen atoms in total. The van der Waals surface area contributed by atoms with Crippen LogP contribution >= 0.6 is 0 Å². The van der Waals surface area contributed by atoms with E-state index < -0.39 is 0 Å². The van der Waals surface area contributed by atoms with Crippen LogP contribution < -0.4 is 15.5 Å². The van der Waals surface area contributed by atoms with Crippen molar-refractivity contribution in [2.75, 3.05) is 29.6 Å². The lowest BCUT2D eigenvalue weighted by Gasteiger charge is -2.13. The van der Waals surface area contributed by atoms with Gasteiger partial charge in [0, 0.05) is 37.1 Å². The lowest BCUT2D eigenvalue weighted by Crippen LogP contribution is -2.08. The van der Waals surface area contributed by atoms with Gasteiger partial charge >= 0.3 is 0 Å². The number of hydrogen-bond acceptors (Lipinski definition) is 7. The van der Waals surface area contributed by atoms with Crippen molar-refractivity contribution in [3.05, 3.63) is 67.0 Å². The van der Waals surface area contributed by atoms with E-state index in [4.69, 9.17) is 0 Å². The second-order valence-electron chi connectivity index (χ2n) is 6.24. The second kappa shape index (κ2) is 7.25. The molecule has 27 heavy (non-hydrogen) atoms. The molecule has 0 atom stereocenters. The van der Waals surface area contributed by atoms with Crippen LogP contribution in [0.5, 0.6) is 0 Å². The van der Waals surface area contributed by atoms with E-state index in [9.17, 15) is 0 Å². The molecule has 2 aromatic heterocycles. The zero-order valence-corrected chi connectivity index (χ0v) is 15.1. The summed E-state index contributed by atoms with van der Waals surface area (Å²) in [5, 5.41) is 15.6. The Kier molecular flexibility index (Phi) is 4.49. The van der Waals surface area contributed by atoms with Gasteiger partial charge in [0.1, 0.15) is 0 Å². The van der Waals surface area contributed by atoms with Crippen molar-refractivity contribution in [1.29, 1.82) is 0 Å². The molecule has 0 aliphatic rings. The minimum Gasteiger partial charge on any atom is -0.378 e. The third-order valence-corrected chi connectivity index (χ3v) is 4.09. The first-order chi connectivity index (χ1) is 13.2. The summed E-state index contributed by atoms with van der Waals surface area (Å²) in [6.07, 6.45) is 3.36. The van der Waals surface area contributed by atoms with Crippen LogP contribution in [-0.2, 0) is 0 Å². The summed E-state index contributed by atoms with van der Waals surface area (Å²) in [4.78, 5) is 11.0. The van der Waals surface area contributed by atoms with E-state index in [0.29, 0.717) is 11.8 Å². The Morgan fingerprint density at radius 3 is 2.52 bits per heavy atom. The van der Waals surface area contributed by atoms with E-state index in [-0.39, 0.29) is 0 Å². The Bertz CT molecular complexity index is 1060. The van der Waals surface area contributed by atoms with E-state index >= 15 is 0 Å². The van der Waals surface area contributed by atoms with Gasteiger partial charge < -0.3 is 15.5 Å². The van der Waals surface area contributed by atoms with Gasteiger partial charge in [0.05, 0.1) is 17.4 Å². The Labute approximate surface area is 157 Å². The van der Waals surface area contributed by atoms with Gasteiger partial charge in [-0.05, 0) is 36.4 Å². The molecule has 0 aliphatic carbocycles. The van der Waals surface area contributed by atoms with Crippen molar-refractivity contribution in [2.45, 2.75) is 0 Å². The molecule has 2 aromatic carbocycles. The van der Waals surface area contributed by atoms with Crippen LogP contribution in [0.1, 0.15) is 0 Å². The number of anilines is 5. The summed E-state index contributed by atoms with van der Waals surface area (Å²) in [6, 6.07) is 17.9. The molecule has 2 heterocycles. The Balaban J connectivity index is 1.55. The topological polar surface area (TPSA) is 78.9 Å². The first-order valence-electron chi connectivity index (χ1n) is 8.54. The number of para-hydroxylation sites is 1. The predicted octanol–water partition coefficient (Wildman–Crippen LogP) is 3.97. The summed E-state index contributed by atoms with van der Waals surface area (Å²) in [5.74, 6) is 1.02. The van der Waals surface area contributed by atoms with E-state index in [1.165, 1.54) is 0 Å². The number of nitrogens with one attached hydrogen (secondary N) is 2. The third-order valence-electron chi connectivity index (χ3n) is 4.09. The molecule has 0 spiro atoms. The predicted molar refractivity (Wildman–Crippen MR) is 109 cm³/mol. The zero-order chi connectivity index (χ0) is 18.6. The maximum absolute atomic E-state index is 4.49. The fraction of sp³-hybridized carbons (Fsp3) is 0.100. The number of hydrogen-bond donors (Lipinski definition) is 2. The van der Waals surface area contributed by atoms with Gasteiger partial charge in [-0.25, -0.2) is 0 Å². The molecule has 0 aliphatic heterocycles. The molecule has 0 bridgehead atoms. The summed E-state index contributed by atoms with van der Waals surface area (Å²) in [7, 11) is 4.02. The minimum absolute atomic E-state index is 0.406. The summed E-state index contributed by atoms with van der Waals surface area (Å²) in [5.41, 5.74) is 3.76. The Morgan fingerprint density at radius 1 is 0.889 bits per heavy atom. The number of rotatable bonds is 5. The molecule has 0 saturated carbocycles. The molecule has 0 fully saturated rings. The number of fused-ring (bicyclic) bond motifs is 1. The van der Waals surface area contributed by atoms with Crippen molar-refractivity contribution >= 4 is 39.7 Å². The number of aromatic nitrogens is 4. The van der Waals surface area contributed by atoms with Crippen LogP contribution in [0.15, 0.2) is 67.0 Å². The number of pyridine rings is 1. The molecular weight excluding hydrogens is 338 g/mol. The average molecular weight is 357 g/mol. The quantitative estimate of drug-likeness (QED) is 0.559. The lowest BCUT2D eigenvalue weighted by atomic mass is 10.2. The van der Waals surface area contributed by atoms with Crippen LogP contribution in [0.3, 0.4) is 0 Å². The van der Waals surface area contributed by atoms with Gasteiger partial charge in [-0.15, -0.1) is 5.10 Å². The highest BCUT2D eigenvalue weighted by atomic mass is 15.3. The van der Waals surface area contributed by atoms with Crippen molar-refractivity contribution in [1.82, 2.24) is 20.2 Å². The molecule has 0 amide bonds. The number of benzene rings is 2. The maximum atomic E-state index is 4.49. The third kappa shape index (κ3) is 3.77. The first kappa shape index (κ1) is 16.7. The van der Waals surface area contributed by atoms with Gasteiger partial charge in [0.2, 0.25) is 5.95 Å². The Morgan fingerprint density at radius 2 is 1.70 bits per heavy atom. The van der Waals surface area contributed by atoms with Crippen molar-refractivity contribution < 1.29 is 0 Å². The van der Waals surface area contributed by atoms with E-state index in [1.54, 1.807) is 12.4 Å². The number of nitrogens with zero attached hydrogens (tertiary/aromatic N) is 5. The van der Waals surface area contributed by atoms with Gasteiger partial charge in [-0.1, -0.05) is 18.2 Å². The van der Waals surface area contributed by atoms with Gasteiger partial charge in [-0.2, -0.15) is 10.1 Å². The fourth-order valence-corrected chi connectivity index (χ4v) is 2.73. The standard InChI is InChI=1S/C20H19N7/c1-27(2)16-10-8-15(9-11-16)23-18-13-22-26-20(25-18)24-17-7-3-5-14-6-4-12-21-19(14)17/h3-13H,1-2H3,(H2,23,24,25,26). The van der Waals surface area contributed by atoms with Crippen LogP contribution in [-0.4, -0.2) is 34.3 Å². The van der Waals surface area contributed by atoms with Crippen molar-refractivity contribution in [3.8, 4) is 0 Å². The van der Waals surface area contributed by atoms with Crippen LogP contribution in [0, 0.1) is 0 Å². The maximum Gasteiger partial charge on any atom is 0.249 e. The first-order valence-corrected chi connectivity index (χ1v) is 8.54.